The molecule has 1 heterocycles. The third kappa shape index (κ3) is 5.17. The van der Waals surface area contributed by atoms with Gasteiger partial charge in [-0.2, -0.15) is 0 Å². The van der Waals surface area contributed by atoms with Crippen molar-refractivity contribution in [2.75, 3.05) is 5.75 Å². The Balaban J connectivity index is 1.86. The predicted molar refractivity (Wildman–Crippen MR) is 95.9 cm³/mol. The molecule has 0 radical (unpaired) electrons. The zero-order valence-corrected chi connectivity index (χ0v) is 15.8. The van der Waals surface area contributed by atoms with E-state index in [0.29, 0.717) is 5.69 Å². The summed E-state index contributed by atoms with van der Waals surface area (Å²) in [6.07, 6.45) is 1.71. The van der Waals surface area contributed by atoms with Gasteiger partial charge in [-0.1, -0.05) is 6.07 Å². The molecule has 9 heteroatoms. The Bertz CT molecular complexity index is 838. The van der Waals surface area contributed by atoms with Crippen LogP contribution in [-0.2, 0) is 11.8 Å². The van der Waals surface area contributed by atoms with Crippen LogP contribution in [0.4, 0.5) is 4.39 Å². The van der Waals surface area contributed by atoms with E-state index in [1.54, 1.807) is 23.9 Å². The number of nitrogens with one attached hydrogen (secondary N) is 2. The number of benzene rings is 1. The molecular weight excluding hydrogens is 413 g/mol. The van der Waals surface area contributed by atoms with Gasteiger partial charge in [-0.05, 0) is 41.1 Å². The number of hydrogen-bond acceptors (Lipinski definition) is 4. The monoisotopic (exact) mass is 427 g/mol. The molecule has 0 saturated carbocycles. The summed E-state index contributed by atoms with van der Waals surface area (Å²) in [6, 6.07) is 5.70. The third-order valence-corrected chi connectivity index (χ3v) is 4.70. The number of thioether (sulfide) groups is 1. The van der Waals surface area contributed by atoms with Crippen LogP contribution in [0.1, 0.15) is 27.8 Å². The van der Waals surface area contributed by atoms with Gasteiger partial charge in [0.25, 0.3) is 5.91 Å². The zero-order valence-electron chi connectivity index (χ0n) is 13.4. The van der Waals surface area contributed by atoms with Crippen LogP contribution < -0.4 is 10.9 Å². The van der Waals surface area contributed by atoms with E-state index < -0.39 is 17.6 Å². The van der Waals surface area contributed by atoms with Gasteiger partial charge in [0.05, 0.1) is 5.75 Å². The molecule has 0 bridgehead atoms. The molecule has 6 nitrogen and oxygen atoms in total. The Labute approximate surface area is 156 Å². The lowest BCUT2D eigenvalue weighted by Gasteiger charge is -2.08. The summed E-state index contributed by atoms with van der Waals surface area (Å²) < 4.78 is 16.2. The van der Waals surface area contributed by atoms with Crippen LogP contribution in [0.25, 0.3) is 0 Å². The first-order chi connectivity index (χ1) is 11.8. The molecule has 0 aliphatic heterocycles. The Morgan fingerprint density at radius 3 is 2.52 bits per heavy atom. The number of carbonyl (C=O) groups excluding carboxylic acids is 3. The number of carbonyl (C=O) groups is 3. The first-order valence-corrected chi connectivity index (χ1v) is 8.90. The summed E-state index contributed by atoms with van der Waals surface area (Å²) in [5.74, 6) is -1.84. The van der Waals surface area contributed by atoms with E-state index in [1.165, 1.54) is 19.1 Å². The van der Waals surface area contributed by atoms with Crippen molar-refractivity contribution in [1.29, 1.82) is 0 Å². The SMILES string of the molecule is CC(=O)c1ccc(SCC(=O)NNC(=O)c2cc(Br)cn2C)c(F)c1. The fourth-order valence-electron chi connectivity index (χ4n) is 1.96. The van der Waals surface area contributed by atoms with Crippen molar-refractivity contribution in [3.05, 3.63) is 52.0 Å². The van der Waals surface area contributed by atoms with Gasteiger partial charge in [0.1, 0.15) is 11.5 Å². The number of Topliss-reactive ketones (excluding diaryl/α,β-unsaturated/α-hetero) is 1. The molecule has 1 aromatic carbocycles. The lowest BCUT2D eigenvalue weighted by molar-refractivity contribution is -0.119. The van der Waals surface area contributed by atoms with Gasteiger partial charge >= 0.3 is 0 Å². The average Bonchev–Trinajstić information content (AvgIpc) is 2.89. The van der Waals surface area contributed by atoms with Gasteiger partial charge in [0.15, 0.2) is 5.78 Å². The van der Waals surface area contributed by atoms with Gasteiger partial charge in [-0.25, -0.2) is 4.39 Å². The van der Waals surface area contributed by atoms with Crippen LogP contribution in [0.3, 0.4) is 0 Å². The van der Waals surface area contributed by atoms with Crippen LogP contribution in [-0.4, -0.2) is 27.9 Å². The van der Waals surface area contributed by atoms with Crippen molar-refractivity contribution in [1.82, 2.24) is 15.4 Å². The average molecular weight is 428 g/mol. The van der Waals surface area contributed by atoms with E-state index in [0.717, 1.165) is 22.3 Å². The van der Waals surface area contributed by atoms with Gasteiger partial charge in [0.2, 0.25) is 5.91 Å². The fourth-order valence-corrected chi connectivity index (χ4v) is 3.20. The molecule has 2 rings (SSSR count). The van der Waals surface area contributed by atoms with Crippen molar-refractivity contribution in [3.8, 4) is 0 Å². The van der Waals surface area contributed by atoms with E-state index in [2.05, 4.69) is 26.8 Å². The van der Waals surface area contributed by atoms with Crippen LogP contribution >= 0.6 is 27.7 Å². The molecule has 0 saturated heterocycles. The second-order valence-electron chi connectivity index (χ2n) is 5.15. The molecule has 25 heavy (non-hydrogen) atoms. The maximum Gasteiger partial charge on any atom is 0.286 e. The van der Waals surface area contributed by atoms with Crippen LogP contribution in [0, 0.1) is 5.82 Å². The molecule has 2 aromatic rings. The quantitative estimate of drug-likeness (QED) is 0.436. The van der Waals surface area contributed by atoms with E-state index in [1.807, 2.05) is 0 Å². The fraction of sp³-hybridized carbons (Fsp3) is 0.188. The molecule has 2 amide bonds. The number of halogens is 2. The topological polar surface area (TPSA) is 80.2 Å². The summed E-state index contributed by atoms with van der Waals surface area (Å²) in [6.45, 7) is 1.35. The Kier molecular flexibility index (Phi) is 6.38. The van der Waals surface area contributed by atoms with E-state index >= 15 is 0 Å². The van der Waals surface area contributed by atoms with Crippen LogP contribution in [0.5, 0.6) is 0 Å². The van der Waals surface area contributed by atoms with Crippen molar-refractivity contribution >= 4 is 45.3 Å². The van der Waals surface area contributed by atoms with Crippen molar-refractivity contribution in [3.63, 3.8) is 0 Å². The number of aromatic nitrogens is 1. The molecule has 2 N–H and O–H groups in total. The number of rotatable bonds is 5. The smallest absolute Gasteiger partial charge is 0.286 e. The minimum absolute atomic E-state index is 0.0898. The van der Waals surface area contributed by atoms with Crippen LogP contribution in [0.2, 0.25) is 0 Å². The van der Waals surface area contributed by atoms with Gasteiger partial charge in [-0.3, -0.25) is 25.2 Å². The highest BCUT2D eigenvalue weighted by Crippen LogP contribution is 2.22. The molecule has 0 aliphatic rings. The molecule has 0 fully saturated rings. The highest BCUT2D eigenvalue weighted by atomic mass is 79.9. The number of aryl methyl sites for hydroxylation is 1. The maximum absolute atomic E-state index is 13.9. The summed E-state index contributed by atoms with van der Waals surface area (Å²) in [5, 5.41) is 0. The summed E-state index contributed by atoms with van der Waals surface area (Å²) in [4.78, 5) is 35.2. The molecular formula is C16H15BrFN3O3S. The molecule has 0 aliphatic carbocycles. The molecule has 0 unspecified atom stereocenters. The summed E-state index contributed by atoms with van der Waals surface area (Å²) in [5.41, 5.74) is 5.21. The third-order valence-electron chi connectivity index (χ3n) is 3.22. The molecule has 1 aromatic heterocycles. The Morgan fingerprint density at radius 2 is 1.96 bits per heavy atom. The first kappa shape index (κ1) is 19.2. The van der Waals surface area contributed by atoms with Crippen molar-refractivity contribution in [2.24, 2.45) is 7.05 Å². The number of ketones is 1. The summed E-state index contributed by atoms with van der Waals surface area (Å²) >= 11 is 4.22. The van der Waals surface area contributed by atoms with Crippen LogP contribution in [0.15, 0.2) is 39.8 Å². The van der Waals surface area contributed by atoms with E-state index in [-0.39, 0.29) is 22.0 Å². The maximum atomic E-state index is 13.9. The number of hydrogen-bond donors (Lipinski definition) is 2. The Hall–Kier alpha value is -2.13. The highest BCUT2D eigenvalue weighted by molar-refractivity contribution is 9.10. The van der Waals surface area contributed by atoms with Gasteiger partial charge in [0, 0.05) is 28.2 Å². The molecule has 132 valence electrons. The van der Waals surface area contributed by atoms with Crippen molar-refractivity contribution in [2.45, 2.75) is 11.8 Å². The molecule has 0 spiro atoms. The van der Waals surface area contributed by atoms with E-state index in [9.17, 15) is 18.8 Å². The second kappa shape index (κ2) is 8.30. The number of nitrogens with zero attached hydrogens (tertiary/aromatic N) is 1. The highest BCUT2D eigenvalue weighted by Gasteiger charge is 2.13. The number of hydrazine groups is 1. The molecule has 0 atom stereocenters. The summed E-state index contributed by atoms with van der Waals surface area (Å²) in [7, 11) is 1.70. The zero-order chi connectivity index (χ0) is 18.6. The largest absolute Gasteiger partial charge is 0.345 e. The lowest BCUT2D eigenvalue weighted by Crippen LogP contribution is -2.43. The Morgan fingerprint density at radius 1 is 1.24 bits per heavy atom. The standard InChI is InChI=1S/C16H15BrFN3O3S/c1-9(22)10-3-4-14(12(18)5-10)25-8-15(23)19-20-16(24)13-6-11(17)7-21(13)2/h3-7H,8H2,1-2H3,(H,19,23)(H,20,24). The van der Waals surface area contributed by atoms with E-state index in [4.69, 9.17) is 0 Å². The normalized spacial score (nSPS) is 10.4. The second-order valence-corrected chi connectivity index (χ2v) is 7.08. The lowest BCUT2D eigenvalue weighted by atomic mass is 10.1. The van der Waals surface area contributed by atoms with Crippen molar-refractivity contribution < 1.29 is 18.8 Å². The first-order valence-electron chi connectivity index (χ1n) is 7.12. The van der Waals surface area contributed by atoms with Gasteiger partial charge in [-0.15, -0.1) is 11.8 Å². The van der Waals surface area contributed by atoms with Gasteiger partial charge < -0.3 is 4.57 Å². The minimum atomic E-state index is -0.566. The predicted octanol–water partition coefficient (Wildman–Crippen LogP) is 2.68. The minimum Gasteiger partial charge on any atom is -0.345 e. The number of amides is 2.